The number of ether oxygens (including phenoxy) is 7. The maximum absolute atomic E-state index is 13.8. The van der Waals surface area contributed by atoms with Crippen LogP contribution in [0, 0.1) is 0 Å². The lowest BCUT2D eigenvalue weighted by Crippen LogP contribution is -2.63. The maximum Gasteiger partial charge on any atom is 0.308 e. The molecule has 258 valence electrons. The predicted molar refractivity (Wildman–Crippen MR) is 163 cm³/mol. The second kappa shape index (κ2) is 15.8. The first kappa shape index (κ1) is 36.0. The van der Waals surface area contributed by atoms with Crippen molar-refractivity contribution in [2.45, 2.75) is 97.1 Å². The highest BCUT2D eigenvalue weighted by Crippen LogP contribution is 2.36. The minimum Gasteiger partial charge on any atom is -0.463 e. The summed E-state index contributed by atoms with van der Waals surface area (Å²) in [6.07, 6.45) is -6.31. The molecule has 0 amide bonds. The Morgan fingerprint density at radius 2 is 1.44 bits per heavy atom. The van der Waals surface area contributed by atoms with Gasteiger partial charge in [-0.15, -0.1) is 0 Å². The normalized spacial score (nSPS) is 22.9. The predicted octanol–water partition coefficient (Wildman–Crippen LogP) is 2.87. The zero-order valence-electron chi connectivity index (χ0n) is 27.2. The summed E-state index contributed by atoms with van der Waals surface area (Å²) in [5.41, 5.74) is 2.57. The number of hydrogen-bond donors (Lipinski definition) is 1. The fourth-order valence-electron chi connectivity index (χ4n) is 5.70. The zero-order valence-corrected chi connectivity index (χ0v) is 27.2. The van der Waals surface area contributed by atoms with Gasteiger partial charge in [0.2, 0.25) is 12.4 Å². The van der Waals surface area contributed by atoms with Crippen molar-refractivity contribution >= 4 is 35.6 Å². The second-order valence-electron chi connectivity index (χ2n) is 11.4. The largest absolute Gasteiger partial charge is 0.463 e. The SMILES string of the molecule is CC(=O)OC[C@H]1O[C@@H](Oc2cccc(OC(C)=O)c2C(=O)CCc2ccc3c(c2)C(O)CC3)[C@H](OC(C)=O)[C@@H](OC(C)=O)[C@@H]1OC(C)=O. The average molecular weight is 671 g/mol. The number of aliphatic hydroxyl groups excluding tert-OH is 1. The molecule has 1 saturated heterocycles. The minimum atomic E-state index is -1.62. The van der Waals surface area contributed by atoms with E-state index in [1.54, 1.807) is 0 Å². The van der Waals surface area contributed by atoms with Crippen LogP contribution in [0.3, 0.4) is 0 Å². The van der Waals surface area contributed by atoms with E-state index in [0.717, 1.165) is 57.7 Å². The lowest BCUT2D eigenvalue weighted by molar-refractivity contribution is -0.288. The van der Waals surface area contributed by atoms with Crippen LogP contribution in [0.4, 0.5) is 0 Å². The van der Waals surface area contributed by atoms with Crippen molar-refractivity contribution in [1.29, 1.82) is 0 Å². The number of hydrogen-bond acceptors (Lipinski definition) is 14. The van der Waals surface area contributed by atoms with E-state index in [0.29, 0.717) is 6.42 Å². The highest BCUT2D eigenvalue weighted by Gasteiger charge is 2.53. The topological polar surface area (TPSA) is 187 Å². The molecule has 1 fully saturated rings. The van der Waals surface area contributed by atoms with Gasteiger partial charge in [-0.25, -0.2) is 0 Å². The van der Waals surface area contributed by atoms with Crippen molar-refractivity contribution in [3.8, 4) is 11.5 Å². The molecular formula is C34H38O14. The molecule has 0 radical (unpaired) electrons. The molecule has 1 aliphatic carbocycles. The first-order chi connectivity index (χ1) is 22.7. The fraction of sp³-hybridized carbons (Fsp3) is 0.471. The van der Waals surface area contributed by atoms with Gasteiger partial charge < -0.3 is 38.3 Å². The summed E-state index contributed by atoms with van der Waals surface area (Å²) in [7, 11) is 0. The van der Waals surface area contributed by atoms with E-state index >= 15 is 0 Å². The fourth-order valence-corrected chi connectivity index (χ4v) is 5.70. The number of esters is 5. The molecule has 4 rings (SSSR count). The zero-order chi connectivity index (χ0) is 35.1. The Bertz CT molecular complexity index is 1560. The summed E-state index contributed by atoms with van der Waals surface area (Å²) in [5, 5.41) is 10.3. The Kier molecular flexibility index (Phi) is 11.9. The number of ketones is 1. The molecule has 0 bridgehead atoms. The summed E-state index contributed by atoms with van der Waals surface area (Å²) in [4.78, 5) is 74.0. The maximum atomic E-state index is 13.8. The molecule has 2 aromatic rings. The van der Waals surface area contributed by atoms with Crippen LogP contribution < -0.4 is 9.47 Å². The van der Waals surface area contributed by atoms with Crippen LogP contribution in [0.2, 0.25) is 0 Å². The van der Waals surface area contributed by atoms with E-state index in [-0.39, 0.29) is 29.9 Å². The lowest BCUT2D eigenvalue weighted by atomic mass is 9.97. The van der Waals surface area contributed by atoms with Crippen LogP contribution in [0.15, 0.2) is 36.4 Å². The second-order valence-corrected chi connectivity index (χ2v) is 11.4. The van der Waals surface area contributed by atoms with Gasteiger partial charge in [-0.3, -0.25) is 28.8 Å². The number of rotatable bonds is 12. The van der Waals surface area contributed by atoms with Gasteiger partial charge in [0, 0.05) is 41.0 Å². The number of carbonyl (C=O) groups is 6. The standard InChI is InChI=1S/C34H38O14/c1-17(35)42-16-29-31(44-19(3)37)32(45-20(4)38)33(46-21(5)39)34(48-29)47-28-8-6-7-27(43-18(2)36)30(28)26(41)13-10-22-9-11-23-12-14-25(40)24(23)15-22/h6-9,11,15,25,29,31-34,40H,10,12-14,16H2,1-5H3/t25?,29-,31-,32+,33-,34-/m1/s1. The molecule has 0 aromatic heterocycles. The molecule has 1 heterocycles. The molecule has 1 unspecified atom stereocenters. The molecule has 14 heteroatoms. The summed E-state index contributed by atoms with van der Waals surface area (Å²) in [5.74, 6) is -4.58. The van der Waals surface area contributed by atoms with E-state index in [4.69, 9.17) is 33.2 Å². The summed E-state index contributed by atoms with van der Waals surface area (Å²) >= 11 is 0. The third-order valence-electron chi connectivity index (χ3n) is 7.61. The Labute approximate surface area is 276 Å². The summed E-state index contributed by atoms with van der Waals surface area (Å²) < 4.78 is 39.0. The minimum absolute atomic E-state index is 0.0535. The van der Waals surface area contributed by atoms with Gasteiger partial charge in [0.25, 0.3) is 0 Å². The molecule has 2 aromatic carbocycles. The molecule has 48 heavy (non-hydrogen) atoms. The molecule has 0 saturated carbocycles. The van der Waals surface area contributed by atoms with Gasteiger partial charge in [-0.1, -0.05) is 24.3 Å². The summed E-state index contributed by atoms with van der Waals surface area (Å²) in [6, 6.07) is 9.94. The smallest absolute Gasteiger partial charge is 0.308 e. The van der Waals surface area contributed by atoms with Crippen molar-refractivity contribution in [3.05, 3.63) is 58.7 Å². The number of carbonyl (C=O) groups excluding carboxylic acids is 6. The van der Waals surface area contributed by atoms with E-state index in [1.165, 1.54) is 18.2 Å². The van der Waals surface area contributed by atoms with Crippen molar-refractivity contribution in [2.75, 3.05) is 6.61 Å². The van der Waals surface area contributed by atoms with Crippen LogP contribution in [-0.2, 0) is 60.5 Å². The number of aliphatic hydroxyl groups is 1. The van der Waals surface area contributed by atoms with Gasteiger partial charge in [0.05, 0.1) is 6.10 Å². The van der Waals surface area contributed by atoms with Crippen LogP contribution in [0.1, 0.15) is 80.6 Å². The van der Waals surface area contributed by atoms with E-state index < -0.39 is 79.0 Å². The molecule has 14 nitrogen and oxygen atoms in total. The van der Waals surface area contributed by atoms with Crippen molar-refractivity contribution in [2.24, 2.45) is 0 Å². The van der Waals surface area contributed by atoms with Crippen LogP contribution in [0.25, 0.3) is 0 Å². The van der Waals surface area contributed by atoms with Crippen LogP contribution >= 0.6 is 0 Å². The van der Waals surface area contributed by atoms with Gasteiger partial charge in [-0.2, -0.15) is 0 Å². The van der Waals surface area contributed by atoms with Gasteiger partial charge in [0.1, 0.15) is 29.8 Å². The van der Waals surface area contributed by atoms with Gasteiger partial charge in [0.15, 0.2) is 18.0 Å². The average Bonchev–Trinajstić information content (AvgIpc) is 3.36. The van der Waals surface area contributed by atoms with Crippen molar-refractivity contribution in [1.82, 2.24) is 0 Å². The lowest BCUT2D eigenvalue weighted by Gasteiger charge is -2.44. The number of aryl methyl sites for hydroxylation is 2. The van der Waals surface area contributed by atoms with Crippen molar-refractivity contribution < 1.29 is 67.0 Å². The van der Waals surface area contributed by atoms with Gasteiger partial charge >= 0.3 is 29.8 Å². The Hall–Kier alpha value is -4.82. The molecule has 2 aliphatic rings. The number of Topliss-reactive ketones (excluding diaryl/α,β-unsaturated/α-hetero) is 1. The first-order valence-corrected chi connectivity index (χ1v) is 15.3. The summed E-state index contributed by atoms with van der Waals surface area (Å²) in [6.45, 7) is 5.10. The van der Waals surface area contributed by atoms with Crippen molar-refractivity contribution in [3.63, 3.8) is 0 Å². The molecular weight excluding hydrogens is 632 g/mol. The highest BCUT2D eigenvalue weighted by molar-refractivity contribution is 6.02. The molecule has 1 aliphatic heterocycles. The third-order valence-corrected chi connectivity index (χ3v) is 7.61. The Morgan fingerprint density at radius 1 is 0.792 bits per heavy atom. The molecule has 1 N–H and O–H groups in total. The van der Waals surface area contributed by atoms with Crippen LogP contribution in [-0.4, -0.2) is 78.0 Å². The number of benzene rings is 2. The Morgan fingerprint density at radius 3 is 2.08 bits per heavy atom. The third kappa shape index (κ3) is 9.16. The number of fused-ring (bicyclic) bond motifs is 1. The first-order valence-electron chi connectivity index (χ1n) is 15.3. The van der Waals surface area contributed by atoms with E-state index in [1.807, 2.05) is 18.2 Å². The Balaban J connectivity index is 1.71. The van der Waals surface area contributed by atoms with Crippen LogP contribution in [0.5, 0.6) is 11.5 Å². The monoisotopic (exact) mass is 670 g/mol. The molecule has 6 atom stereocenters. The quantitative estimate of drug-likeness (QED) is 0.150. The van der Waals surface area contributed by atoms with Gasteiger partial charge in [-0.05, 0) is 48.1 Å². The van der Waals surface area contributed by atoms with E-state index in [9.17, 15) is 33.9 Å². The molecule has 0 spiro atoms. The highest BCUT2D eigenvalue weighted by atomic mass is 16.7. The van der Waals surface area contributed by atoms with E-state index in [2.05, 4.69) is 0 Å².